The zero-order valence-corrected chi connectivity index (χ0v) is 14.4. The van der Waals surface area contributed by atoms with Crippen LogP contribution in [0.5, 0.6) is 0 Å². The number of aromatic nitrogens is 3. The van der Waals surface area contributed by atoms with Gasteiger partial charge in [-0.25, -0.2) is 9.97 Å². The number of rotatable bonds is 5. The average Bonchev–Trinajstić information content (AvgIpc) is 3.07. The van der Waals surface area contributed by atoms with Gasteiger partial charge in [0, 0.05) is 42.8 Å². The van der Waals surface area contributed by atoms with Crippen LogP contribution < -0.4 is 4.90 Å². The Labute approximate surface area is 140 Å². The summed E-state index contributed by atoms with van der Waals surface area (Å²) in [7, 11) is 2.09. The highest BCUT2D eigenvalue weighted by Crippen LogP contribution is 2.21. The number of hydrogen-bond acceptors (Lipinski definition) is 5. The molecule has 118 valence electrons. The Morgan fingerprint density at radius 2 is 2.13 bits per heavy atom. The van der Waals surface area contributed by atoms with Crippen molar-refractivity contribution in [2.75, 3.05) is 11.9 Å². The average molecular weight is 324 g/mol. The van der Waals surface area contributed by atoms with E-state index in [9.17, 15) is 0 Å². The highest BCUT2D eigenvalue weighted by molar-refractivity contribution is 7.07. The van der Waals surface area contributed by atoms with Gasteiger partial charge in [-0.05, 0) is 54.8 Å². The highest BCUT2D eigenvalue weighted by atomic mass is 32.1. The van der Waals surface area contributed by atoms with Crippen molar-refractivity contribution in [3.63, 3.8) is 0 Å². The van der Waals surface area contributed by atoms with Crippen LogP contribution in [-0.4, -0.2) is 28.0 Å². The monoisotopic (exact) mass is 324 g/mol. The first-order valence-electron chi connectivity index (χ1n) is 7.63. The Hall–Kier alpha value is -2.27. The number of nitrogens with zero attached hydrogens (tertiary/aromatic N) is 4. The van der Waals surface area contributed by atoms with Crippen molar-refractivity contribution in [2.24, 2.45) is 0 Å². The van der Waals surface area contributed by atoms with Crippen molar-refractivity contribution in [3.05, 3.63) is 58.7 Å². The molecule has 23 heavy (non-hydrogen) atoms. The van der Waals surface area contributed by atoms with E-state index in [0.717, 1.165) is 29.3 Å². The summed E-state index contributed by atoms with van der Waals surface area (Å²) in [6, 6.07) is 8.47. The molecule has 0 fully saturated rings. The molecule has 1 atom stereocenters. The van der Waals surface area contributed by atoms with Crippen molar-refractivity contribution in [2.45, 2.75) is 26.3 Å². The summed E-state index contributed by atoms with van der Waals surface area (Å²) in [6.07, 6.45) is 4.56. The first kappa shape index (κ1) is 15.6. The molecule has 3 aromatic rings. The molecule has 0 aliphatic rings. The van der Waals surface area contributed by atoms with E-state index in [0.29, 0.717) is 6.04 Å². The smallest absolute Gasteiger partial charge is 0.163 e. The van der Waals surface area contributed by atoms with Gasteiger partial charge < -0.3 is 4.90 Å². The second-order valence-electron chi connectivity index (χ2n) is 5.73. The minimum Gasteiger partial charge on any atom is -0.357 e. The van der Waals surface area contributed by atoms with E-state index in [4.69, 9.17) is 4.98 Å². The van der Waals surface area contributed by atoms with Crippen molar-refractivity contribution >= 4 is 17.2 Å². The molecule has 0 saturated heterocycles. The number of aryl methyl sites for hydroxylation is 1. The zero-order chi connectivity index (χ0) is 16.2. The van der Waals surface area contributed by atoms with Crippen LogP contribution in [0.1, 0.15) is 18.2 Å². The summed E-state index contributed by atoms with van der Waals surface area (Å²) in [5, 5.41) is 4.33. The maximum Gasteiger partial charge on any atom is 0.163 e. The van der Waals surface area contributed by atoms with Gasteiger partial charge >= 0.3 is 0 Å². The summed E-state index contributed by atoms with van der Waals surface area (Å²) in [5.74, 6) is 1.67. The summed E-state index contributed by atoms with van der Waals surface area (Å²) in [4.78, 5) is 15.6. The largest absolute Gasteiger partial charge is 0.357 e. The lowest BCUT2D eigenvalue weighted by molar-refractivity contribution is 0.674. The van der Waals surface area contributed by atoms with E-state index < -0.39 is 0 Å². The van der Waals surface area contributed by atoms with E-state index in [1.54, 1.807) is 23.7 Å². The summed E-state index contributed by atoms with van der Waals surface area (Å²) < 4.78 is 0. The molecule has 0 saturated carbocycles. The molecular weight excluding hydrogens is 304 g/mol. The number of pyridine rings is 1. The van der Waals surface area contributed by atoms with Crippen LogP contribution in [-0.2, 0) is 6.42 Å². The Morgan fingerprint density at radius 3 is 2.83 bits per heavy atom. The molecule has 3 aromatic heterocycles. The highest BCUT2D eigenvalue weighted by Gasteiger charge is 2.14. The summed E-state index contributed by atoms with van der Waals surface area (Å²) >= 11 is 1.74. The van der Waals surface area contributed by atoms with Crippen molar-refractivity contribution in [1.29, 1.82) is 0 Å². The third-order valence-corrected chi connectivity index (χ3v) is 4.63. The molecule has 0 amide bonds. The lowest BCUT2D eigenvalue weighted by atomic mass is 10.1. The maximum absolute atomic E-state index is 4.73. The van der Waals surface area contributed by atoms with Crippen LogP contribution in [0, 0.1) is 6.92 Å². The minimum absolute atomic E-state index is 0.362. The van der Waals surface area contributed by atoms with Crippen LogP contribution >= 0.6 is 11.3 Å². The number of thiophene rings is 1. The van der Waals surface area contributed by atoms with Crippen molar-refractivity contribution < 1.29 is 0 Å². The van der Waals surface area contributed by atoms with Gasteiger partial charge in [0.2, 0.25) is 0 Å². The fourth-order valence-electron chi connectivity index (χ4n) is 2.47. The normalized spacial score (nSPS) is 12.1. The van der Waals surface area contributed by atoms with Crippen LogP contribution in [0.25, 0.3) is 11.4 Å². The van der Waals surface area contributed by atoms with Gasteiger partial charge in [0.1, 0.15) is 5.82 Å². The molecule has 0 aromatic carbocycles. The van der Waals surface area contributed by atoms with Crippen LogP contribution in [0.2, 0.25) is 0 Å². The number of anilines is 1. The molecule has 3 heterocycles. The van der Waals surface area contributed by atoms with Crippen LogP contribution in [0.3, 0.4) is 0 Å². The van der Waals surface area contributed by atoms with Crippen LogP contribution in [0.15, 0.2) is 47.4 Å². The van der Waals surface area contributed by atoms with E-state index >= 15 is 0 Å². The number of likely N-dealkylation sites (N-methyl/N-ethyl adjacent to an activating group) is 1. The molecule has 0 N–H and O–H groups in total. The Morgan fingerprint density at radius 1 is 1.26 bits per heavy atom. The van der Waals surface area contributed by atoms with Crippen LogP contribution in [0.4, 0.5) is 5.82 Å². The van der Waals surface area contributed by atoms with E-state index in [2.05, 4.69) is 45.7 Å². The lowest BCUT2D eigenvalue weighted by Crippen LogP contribution is -2.31. The number of hydrogen-bond donors (Lipinski definition) is 0. The van der Waals surface area contributed by atoms with Gasteiger partial charge in [0.25, 0.3) is 0 Å². The summed E-state index contributed by atoms with van der Waals surface area (Å²) in [6.45, 7) is 4.22. The summed E-state index contributed by atoms with van der Waals surface area (Å²) in [5.41, 5.74) is 3.27. The SMILES string of the molecule is Cc1cc(N(C)C(C)Cc2ccsc2)nc(-c2cccnc2)n1. The third kappa shape index (κ3) is 3.74. The van der Waals surface area contributed by atoms with Crippen molar-refractivity contribution in [3.8, 4) is 11.4 Å². The standard InChI is InChI=1S/C18H20N4S/c1-13-9-17(21-18(20-13)16-5-4-7-19-11-16)22(3)14(2)10-15-6-8-23-12-15/h4-9,11-12,14H,10H2,1-3H3. The van der Waals surface area contributed by atoms with Gasteiger partial charge in [-0.3, -0.25) is 4.98 Å². The molecule has 0 aliphatic heterocycles. The Balaban J connectivity index is 1.85. The first-order chi connectivity index (χ1) is 11.1. The quantitative estimate of drug-likeness (QED) is 0.712. The van der Waals surface area contributed by atoms with Gasteiger partial charge in [-0.2, -0.15) is 11.3 Å². The fraction of sp³-hybridized carbons (Fsp3) is 0.278. The molecule has 0 bridgehead atoms. The second kappa shape index (κ2) is 6.87. The second-order valence-corrected chi connectivity index (χ2v) is 6.51. The maximum atomic E-state index is 4.73. The molecule has 3 rings (SSSR count). The molecule has 0 radical (unpaired) electrons. The van der Waals surface area contributed by atoms with Crippen molar-refractivity contribution in [1.82, 2.24) is 15.0 Å². The van der Waals surface area contributed by atoms with Gasteiger partial charge in [-0.1, -0.05) is 0 Å². The molecule has 5 heteroatoms. The van der Waals surface area contributed by atoms with E-state index in [1.807, 2.05) is 25.1 Å². The fourth-order valence-corrected chi connectivity index (χ4v) is 3.15. The Kier molecular flexibility index (Phi) is 4.67. The third-order valence-electron chi connectivity index (χ3n) is 3.89. The molecule has 1 unspecified atom stereocenters. The molecule has 4 nitrogen and oxygen atoms in total. The first-order valence-corrected chi connectivity index (χ1v) is 8.58. The van der Waals surface area contributed by atoms with E-state index in [-0.39, 0.29) is 0 Å². The van der Waals surface area contributed by atoms with Gasteiger partial charge in [0.15, 0.2) is 5.82 Å². The Bertz CT molecular complexity index is 756. The molecular formula is C18H20N4S. The molecule has 0 spiro atoms. The van der Waals surface area contributed by atoms with E-state index in [1.165, 1.54) is 5.56 Å². The zero-order valence-electron chi connectivity index (χ0n) is 13.6. The molecule has 0 aliphatic carbocycles. The van der Waals surface area contributed by atoms with Gasteiger partial charge in [-0.15, -0.1) is 0 Å². The predicted molar refractivity (Wildman–Crippen MR) is 95.9 cm³/mol. The topological polar surface area (TPSA) is 41.9 Å². The lowest BCUT2D eigenvalue weighted by Gasteiger charge is -2.26. The minimum atomic E-state index is 0.362. The van der Waals surface area contributed by atoms with Gasteiger partial charge in [0.05, 0.1) is 0 Å². The predicted octanol–water partition coefficient (Wildman–Crippen LogP) is 3.98.